The fourth-order valence-electron chi connectivity index (χ4n) is 2.50. The van der Waals surface area contributed by atoms with Crippen LogP contribution < -0.4 is 10.6 Å². The van der Waals surface area contributed by atoms with Crippen LogP contribution in [0.15, 0.2) is 66.7 Å². The van der Waals surface area contributed by atoms with Gasteiger partial charge in [0, 0.05) is 16.8 Å². The third kappa shape index (κ3) is 4.67. The maximum atomic E-state index is 12.4. The van der Waals surface area contributed by atoms with Crippen molar-refractivity contribution in [3.05, 3.63) is 93.5 Å². The Kier molecular flexibility index (Phi) is 5.79. The average Bonchev–Trinajstić information content (AvgIpc) is 2.65. The molecule has 0 bridgehead atoms. The molecule has 6 heteroatoms. The zero-order valence-electron chi connectivity index (χ0n) is 14.4. The largest absolute Gasteiger partial charge is 0.322 e. The molecule has 2 amide bonds. The summed E-state index contributed by atoms with van der Waals surface area (Å²) >= 11 is 12.1. The van der Waals surface area contributed by atoms with Crippen molar-refractivity contribution >= 4 is 46.4 Å². The van der Waals surface area contributed by atoms with Gasteiger partial charge in [-0.15, -0.1) is 0 Å². The molecule has 0 radical (unpaired) electrons. The quantitative estimate of drug-likeness (QED) is 0.582. The fourth-order valence-corrected chi connectivity index (χ4v) is 2.99. The lowest BCUT2D eigenvalue weighted by atomic mass is 10.1. The minimum Gasteiger partial charge on any atom is -0.322 e. The molecule has 0 saturated carbocycles. The monoisotopic (exact) mass is 398 g/mol. The average molecular weight is 399 g/mol. The highest BCUT2D eigenvalue weighted by atomic mass is 35.5. The second-order valence-electron chi connectivity index (χ2n) is 5.95. The van der Waals surface area contributed by atoms with Crippen molar-refractivity contribution < 1.29 is 9.59 Å². The first kappa shape index (κ1) is 19.0. The van der Waals surface area contributed by atoms with Crippen molar-refractivity contribution in [2.45, 2.75) is 6.92 Å². The van der Waals surface area contributed by atoms with Crippen LogP contribution in [0.1, 0.15) is 26.3 Å². The normalized spacial score (nSPS) is 10.3. The molecule has 2 N–H and O–H groups in total. The highest BCUT2D eigenvalue weighted by molar-refractivity contribution is 6.40. The van der Waals surface area contributed by atoms with Crippen LogP contribution in [0.3, 0.4) is 0 Å². The predicted molar refractivity (Wildman–Crippen MR) is 110 cm³/mol. The molecule has 0 aliphatic heterocycles. The number of hydrogen-bond donors (Lipinski definition) is 2. The van der Waals surface area contributed by atoms with E-state index in [0.29, 0.717) is 32.5 Å². The third-order valence-corrected chi connectivity index (χ3v) is 4.52. The van der Waals surface area contributed by atoms with E-state index in [1.165, 1.54) is 0 Å². The van der Waals surface area contributed by atoms with E-state index >= 15 is 0 Å². The number of carbonyl (C=O) groups is 2. The first-order valence-corrected chi connectivity index (χ1v) is 8.93. The SMILES string of the molecule is Cc1cccc(C(=O)Nc2ccc(C(=O)Nc3c(Cl)cccc3Cl)cc2)c1. The van der Waals surface area contributed by atoms with E-state index in [1.54, 1.807) is 48.5 Å². The van der Waals surface area contributed by atoms with Gasteiger partial charge in [0.2, 0.25) is 0 Å². The second-order valence-corrected chi connectivity index (χ2v) is 6.77. The van der Waals surface area contributed by atoms with Crippen LogP contribution in [0.4, 0.5) is 11.4 Å². The highest BCUT2D eigenvalue weighted by Crippen LogP contribution is 2.30. The van der Waals surface area contributed by atoms with Gasteiger partial charge in [0.25, 0.3) is 11.8 Å². The summed E-state index contributed by atoms with van der Waals surface area (Å²) in [7, 11) is 0. The summed E-state index contributed by atoms with van der Waals surface area (Å²) in [6.45, 7) is 1.93. The van der Waals surface area contributed by atoms with Gasteiger partial charge >= 0.3 is 0 Å². The van der Waals surface area contributed by atoms with Crippen LogP contribution in [-0.2, 0) is 0 Å². The van der Waals surface area contributed by atoms with Crippen LogP contribution in [-0.4, -0.2) is 11.8 Å². The molecule has 0 heterocycles. The molecule has 4 nitrogen and oxygen atoms in total. The summed E-state index contributed by atoms with van der Waals surface area (Å²) in [5.74, 6) is -0.555. The second kappa shape index (κ2) is 8.25. The van der Waals surface area contributed by atoms with Gasteiger partial charge in [-0.1, -0.05) is 47.0 Å². The van der Waals surface area contributed by atoms with E-state index in [1.807, 2.05) is 25.1 Å². The van der Waals surface area contributed by atoms with Crippen LogP contribution in [0.5, 0.6) is 0 Å². The molecule has 0 spiro atoms. The molecular formula is C21H16Cl2N2O2. The molecule has 27 heavy (non-hydrogen) atoms. The molecule has 3 aromatic carbocycles. The Hall–Kier alpha value is -2.82. The maximum Gasteiger partial charge on any atom is 0.255 e. The first-order chi connectivity index (χ1) is 12.9. The van der Waals surface area contributed by atoms with Crippen molar-refractivity contribution in [2.75, 3.05) is 10.6 Å². The van der Waals surface area contributed by atoms with Crippen LogP contribution in [0.2, 0.25) is 10.0 Å². The van der Waals surface area contributed by atoms with Crippen LogP contribution in [0, 0.1) is 6.92 Å². The Morgan fingerprint density at radius 1 is 0.741 bits per heavy atom. The van der Waals surface area contributed by atoms with E-state index in [0.717, 1.165) is 5.56 Å². The Labute approximate surface area is 167 Å². The summed E-state index contributed by atoms with van der Waals surface area (Å²) in [5, 5.41) is 6.22. The van der Waals surface area contributed by atoms with Crippen molar-refractivity contribution in [1.82, 2.24) is 0 Å². The number of anilines is 2. The smallest absolute Gasteiger partial charge is 0.255 e. The first-order valence-electron chi connectivity index (χ1n) is 8.17. The Bertz CT molecular complexity index is 981. The maximum absolute atomic E-state index is 12.4. The molecule has 0 aromatic heterocycles. The lowest BCUT2D eigenvalue weighted by Crippen LogP contribution is -2.14. The third-order valence-electron chi connectivity index (χ3n) is 3.89. The number of benzene rings is 3. The number of rotatable bonds is 4. The summed E-state index contributed by atoms with van der Waals surface area (Å²) in [6.07, 6.45) is 0. The number of para-hydroxylation sites is 1. The van der Waals surface area contributed by atoms with E-state index < -0.39 is 0 Å². The predicted octanol–water partition coefficient (Wildman–Crippen LogP) is 5.81. The zero-order chi connectivity index (χ0) is 19.4. The summed E-state index contributed by atoms with van der Waals surface area (Å²) in [4.78, 5) is 24.7. The molecule has 0 fully saturated rings. The van der Waals surface area contributed by atoms with Gasteiger partial charge in [-0.3, -0.25) is 9.59 Å². The van der Waals surface area contributed by atoms with Gasteiger partial charge in [-0.25, -0.2) is 0 Å². The van der Waals surface area contributed by atoms with Gasteiger partial charge in [0.05, 0.1) is 15.7 Å². The van der Waals surface area contributed by atoms with Crippen LogP contribution in [0.25, 0.3) is 0 Å². The van der Waals surface area contributed by atoms with E-state index in [4.69, 9.17) is 23.2 Å². The Morgan fingerprint density at radius 3 is 1.96 bits per heavy atom. The number of nitrogens with one attached hydrogen (secondary N) is 2. The minimum atomic E-state index is -0.346. The molecular weight excluding hydrogens is 383 g/mol. The number of carbonyl (C=O) groups excluding carboxylic acids is 2. The summed E-state index contributed by atoms with van der Waals surface area (Å²) in [6, 6.07) is 18.9. The molecule has 3 aromatic rings. The molecule has 0 aliphatic carbocycles. The standard InChI is InChI=1S/C21H16Cl2N2O2/c1-13-4-2-5-15(12-13)21(27)24-16-10-8-14(9-11-16)20(26)25-19-17(22)6-3-7-18(19)23/h2-12H,1H3,(H,24,27)(H,25,26). The van der Waals surface area contributed by atoms with Gasteiger partial charge in [-0.05, 0) is 55.5 Å². The van der Waals surface area contributed by atoms with Crippen molar-refractivity contribution in [2.24, 2.45) is 0 Å². The molecule has 3 rings (SSSR count). The Morgan fingerprint density at radius 2 is 1.33 bits per heavy atom. The van der Waals surface area contributed by atoms with E-state index in [2.05, 4.69) is 10.6 Å². The molecule has 136 valence electrons. The van der Waals surface area contributed by atoms with Crippen molar-refractivity contribution in [3.63, 3.8) is 0 Å². The Balaban J connectivity index is 1.69. The number of halogens is 2. The van der Waals surface area contributed by atoms with E-state index in [-0.39, 0.29) is 11.8 Å². The number of amides is 2. The van der Waals surface area contributed by atoms with Gasteiger partial charge in [-0.2, -0.15) is 0 Å². The number of hydrogen-bond acceptors (Lipinski definition) is 2. The molecule has 0 unspecified atom stereocenters. The molecule has 0 saturated heterocycles. The number of aryl methyl sites for hydroxylation is 1. The zero-order valence-corrected chi connectivity index (χ0v) is 15.9. The lowest BCUT2D eigenvalue weighted by molar-refractivity contribution is 0.102. The van der Waals surface area contributed by atoms with Gasteiger partial charge in [0.15, 0.2) is 0 Å². The van der Waals surface area contributed by atoms with Crippen molar-refractivity contribution in [1.29, 1.82) is 0 Å². The molecule has 0 aliphatic rings. The minimum absolute atomic E-state index is 0.209. The topological polar surface area (TPSA) is 58.2 Å². The fraction of sp³-hybridized carbons (Fsp3) is 0.0476. The summed E-state index contributed by atoms with van der Waals surface area (Å²) < 4.78 is 0. The lowest BCUT2D eigenvalue weighted by Gasteiger charge is -2.10. The van der Waals surface area contributed by atoms with Crippen LogP contribution >= 0.6 is 23.2 Å². The van der Waals surface area contributed by atoms with Gasteiger partial charge in [0.1, 0.15) is 0 Å². The molecule has 0 atom stereocenters. The van der Waals surface area contributed by atoms with Gasteiger partial charge < -0.3 is 10.6 Å². The van der Waals surface area contributed by atoms with Crippen molar-refractivity contribution in [3.8, 4) is 0 Å². The highest BCUT2D eigenvalue weighted by Gasteiger charge is 2.12. The van der Waals surface area contributed by atoms with E-state index in [9.17, 15) is 9.59 Å². The summed E-state index contributed by atoms with van der Waals surface area (Å²) in [5.41, 5.74) is 2.95.